The lowest BCUT2D eigenvalue weighted by Gasteiger charge is -2.35. The van der Waals surface area contributed by atoms with Gasteiger partial charge in [0.1, 0.15) is 0 Å². The molecule has 1 aromatic carbocycles. The number of aryl methyl sites for hydroxylation is 2. The molecule has 116 valence electrons. The molecule has 0 radical (unpaired) electrons. The molecule has 1 saturated heterocycles. The van der Waals surface area contributed by atoms with E-state index in [0.717, 1.165) is 38.0 Å². The Kier molecular flexibility index (Phi) is 5.37. The van der Waals surface area contributed by atoms with Gasteiger partial charge in [-0.15, -0.1) is 0 Å². The lowest BCUT2D eigenvalue weighted by molar-refractivity contribution is -0.130. The highest BCUT2D eigenvalue weighted by molar-refractivity contribution is 5.95. The van der Waals surface area contributed by atoms with Crippen LogP contribution in [0.25, 0.3) is 0 Å². The lowest BCUT2D eigenvalue weighted by Crippen LogP contribution is -2.47. The van der Waals surface area contributed by atoms with Crippen molar-refractivity contribution in [2.24, 2.45) is 5.41 Å². The molecule has 1 aliphatic rings. The molecule has 2 rings (SSSR count). The molecule has 1 aliphatic heterocycles. The minimum absolute atomic E-state index is 0.0803. The van der Waals surface area contributed by atoms with E-state index < -0.39 is 5.41 Å². The van der Waals surface area contributed by atoms with E-state index in [1.165, 1.54) is 11.1 Å². The first-order valence-electron chi connectivity index (χ1n) is 7.72. The van der Waals surface area contributed by atoms with Gasteiger partial charge in [-0.2, -0.15) is 0 Å². The average molecular weight is 290 g/mol. The fraction of sp³-hybridized carbons (Fsp3) is 0.588. The molecule has 0 atom stereocenters. The fourth-order valence-electron chi connectivity index (χ4n) is 3.01. The SMILES string of the molecule is CCc1cc(NC(=O)C2(COC)CCNCC2)ccc1C. The highest BCUT2D eigenvalue weighted by Gasteiger charge is 2.39. The quantitative estimate of drug-likeness (QED) is 0.876. The Morgan fingerprint density at radius 3 is 2.71 bits per heavy atom. The van der Waals surface area contributed by atoms with E-state index in [1.54, 1.807) is 7.11 Å². The number of piperidine rings is 1. The first-order valence-corrected chi connectivity index (χ1v) is 7.72. The molecular weight excluding hydrogens is 264 g/mol. The second-order valence-corrected chi connectivity index (χ2v) is 5.91. The van der Waals surface area contributed by atoms with Gasteiger partial charge >= 0.3 is 0 Å². The van der Waals surface area contributed by atoms with E-state index in [1.807, 2.05) is 6.07 Å². The van der Waals surface area contributed by atoms with Gasteiger partial charge in [-0.05, 0) is 62.5 Å². The molecule has 1 heterocycles. The van der Waals surface area contributed by atoms with Crippen LogP contribution in [0, 0.1) is 12.3 Å². The molecule has 4 nitrogen and oxygen atoms in total. The predicted molar refractivity (Wildman–Crippen MR) is 85.6 cm³/mol. The smallest absolute Gasteiger partial charge is 0.233 e. The van der Waals surface area contributed by atoms with Gasteiger partial charge in [-0.25, -0.2) is 0 Å². The summed E-state index contributed by atoms with van der Waals surface area (Å²) in [5.41, 5.74) is 3.02. The number of anilines is 1. The monoisotopic (exact) mass is 290 g/mol. The van der Waals surface area contributed by atoms with Crippen LogP contribution in [0.2, 0.25) is 0 Å². The van der Waals surface area contributed by atoms with Crippen LogP contribution in [0.15, 0.2) is 18.2 Å². The summed E-state index contributed by atoms with van der Waals surface area (Å²) >= 11 is 0. The van der Waals surface area contributed by atoms with Gasteiger partial charge in [-0.3, -0.25) is 4.79 Å². The second kappa shape index (κ2) is 7.05. The number of rotatable bonds is 5. The average Bonchev–Trinajstić information content (AvgIpc) is 2.50. The van der Waals surface area contributed by atoms with E-state index in [2.05, 4.69) is 36.6 Å². The van der Waals surface area contributed by atoms with E-state index in [4.69, 9.17) is 4.74 Å². The minimum Gasteiger partial charge on any atom is -0.384 e. The first kappa shape index (κ1) is 16.0. The molecule has 0 bridgehead atoms. The number of carbonyl (C=O) groups is 1. The van der Waals surface area contributed by atoms with Crippen LogP contribution in [-0.2, 0) is 16.0 Å². The summed E-state index contributed by atoms with van der Waals surface area (Å²) in [5.74, 6) is 0.0803. The molecular formula is C17H26N2O2. The third-order valence-electron chi connectivity index (χ3n) is 4.45. The zero-order chi connectivity index (χ0) is 15.3. The standard InChI is InChI=1S/C17H26N2O2/c1-4-14-11-15(6-5-13(14)2)19-16(20)17(12-21-3)7-9-18-10-8-17/h5-6,11,18H,4,7-10,12H2,1-3H3,(H,19,20). The van der Waals surface area contributed by atoms with Crippen LogP contribution in [0.4, 0.5) is 5.69 Å². The predicted octanol–water partition coefficient (Wildman–Crippen LogP) is 2.51. The molecule has 0 aromatic heterocycles. The van der Waals surface area contributed by atoms with Gasteiger partial charge in [0, 0.05) is 12.8 Å². The Balaban J connectivity index is 2.15. The summed E-state index contributed by atoms with van der Waals surface area (Å²) in [6.07, 6.45) is 2.61. The van der Waals surface area contributed by atoms with Crippen LogP contribution in [0.3, 0.4) is 0 Å². The molecule has 1 aromatic rings. The Bertz CT molecular complexity index is 488. The first-order chi connectivity index (χ1) is 10.1. The molecule has 1 amide bonds. The number of hydrogen-bond donors (Lipinski definition) is 2. The van der Waals surface area contributed by atoms with Gasteiger partial charge in [0.05, 0.1) is 12.0 Å². The van der Waals surface area contributed by atoms with Crippen LogP contribution in [-0.4, -0.2) is 32.7 Å². The maximum atomic E-state index is 12.7. The molecule has 0 aliphatic carbocycles. The molecule has 0 saturated carbocycles. The van der Waals surface area contributed by atoms with Gasteiger partial charge in [0.15, 0.2) is 0 Å². The Labute approximate surface area is 127 Å². The van der Waals surface area contributed by atoms with E-state index in [9.17, 15) is 4.79 Å². The van der Waals surface area contributed by atoms with Gasteiger partial charge in [0.2, 0.25) is 5.91 Å². The highest BCUT2D eigenvalue weighted by atomic mass is 16.5. The molecule has 1 fully saturated rings. The summed E-state index contributed by atoms with van der Waals surface area (Å²) in [5, 5.41) is 6.40. The largest absolute Gasteiger partial charge is 0.384 e. The van der Waals surface area contributed by atoms with Crippen molar-refractivity contribution in [3.05, 3.63) is 29.3 Å². The summed E-state index contributed by atoms with van der Waals surface area (Å²) in [4.78, 5) is 12.7. The van der Waals surface area contributed by atoms with Crippen molar-refractivity contribution < 1.29 is 9.53 Å². The van der Waals surface area contributed by atoms with Gasteiger partial charge in [0.25, 0.3) is 0 Å². The van der Waals surface area contributed by atoms with Crippen LogP contribution < -0.4 is 10.6 Å². The number of ether oxygens (including phenoxy) is 1. The summed E-state index contributed by atoms with van der Waals surface area (Å²) in [6, 6.07) is 6.13. The third-order valence-corrected chi connectivity index (χ3v) is 4.45. The topological polar surface area (TPSA) is 50.4 Å². The van der Waals surface area contributed by atoms with E-state index >= 15 is 0 Å². The summed E-state index contributed by atoms with van der Waals surface area (Å²) in [6.45, 7) is 6.44. The van der Waals surface area contributed by atoms with Crippen molar-refractivity contribution in [2.45, 2.75) is 33.1 Å². The van der Waals surface area contributed by atoms with E-state index in [0.29, 0.717) is 6.61 Å². The molecule has 0 spiro atoms. The summed E-state index contributed by atoms with van der Waals surface area (Å²) in [7, 11) is 1.66. The molecule has 21 heavy (non-hydrogen) atoms. The van der Waals surface area contributed by atoms with Crippen molar-refractivity contribution in [1.29, 1.82) is 0 Å². The number of nitrogens with one attached hydrogen (secondary N) is 2. The third kappa shape index (κ3) is 3.63. The molecule has 4 heteroatoms. The fourth-order valence-corrected chi connectivity index (χ4v) is 3.01. The van der Waals surface area contributed by atoms with Crippen LogP contribution in [0.5, 0.6) is 0 Å². The lowest BCUT2D eigenvalue weighted by atomic mass is 9.78. The van der Waals surface area contributed by atoms with Crippen molar-refractivity contribution in [3.63, 3.8) is 0 Å². The van der Waals surface area contributed by atoms with Crippen molar-refractivity contribution in [3.8, 4) is 0 Å². The second-order valence-electron chi connectivity index (χ2n) is 5.91. The Morgan fingerprint density at radius 1 is 1.38 bits per heavy atom. The van der Waals surface area contributed by atoms with Crippen molar-refractivity contribution in [2.75, 3.05) is 32.1 Å². The summed E-state index contributed by atoms with van der Waals surface area (Å²) < 4.78 is 5.32. The maximum Gasteiger partial charge on any atom is 0.233 e. The Morgan fingerprint density at radius 2 is 2.10 bits per heavy atom. The molecule has 2 N–H and O–H groups in total. The minimum atomic E-state index is -0.405. The zero-order valence-corrected chi connectivity index (χ0v) is 13.3. The maximum absolute atomic E-state index is 12.7. The normalized spacial score (nSPS) is 17.5. The van der Waals surface area contributed by atoms with E-state index in [-0.39, 0.29) is 5.91 Å². The zero-order valence-electron chi connectivity index (χ0n) is 13.3. The van der Waals surface area contributed by atoms with Gasteiger partial charge < -0.3 is 15.4 Å². The number of amides is 1. The highest BCUT2D eigenvalue weighted by Crippen LogP contribution is 2.31. The van der Waals surface area contributed by atoms with Crippen molar-refractivity contribution in [1.82, 2.24) is 5.32 Å². The van der Waals surface area contributed by atoms with Crippen molar-refractivity contribution >= 4 is 11.6 Å². The number of methoxy groups -OCH3 is 1. The van der Waals surface area contributed by atoms with Crippen LogP contribution >= 0.6 is 0 Å². The Hall–Kier alpha value is -1.39. The number of carbonyl (C=O) groups excluding carboxylic acids is 1. The number of benzene rings is 1. The number of hydrogen-bond acceptors (Lipinski definition) is 3. The van der Waals surface area contributed by atoms with Crippen LogP contribution in [0.1, 0.15) is 30.9 Å². The molecule has 0 unspecified atom stereocenters. The van der Waals surface area contributed by atoms with Gasteiger partial charge in [-0.1, -0.05) is 13.0 Å².